The van der Waals surface area contributed by atoms with Crippen molar-refractivity contribution in [3.63, 3.8) is 0 Å². The quantitative estimate of drug-likeness (QED) is 0.663. The van der Waals surface area contributed by atoms with Gasteiger partial charge in [0.25, 0.3) is 0 Å². The van der Waals surface area contributed by atoms with Crippen LogP contribution in [0.25, 0.3) is 0 Å². The summed E-state index contributed by atoms with van der Waals surface area (Å²) in [7, 11) is 2.05. The minimum atomic E-state index is 1.08. The normalized spacial score (nSPS) is 43.5. The molecule has 10 heavy (non-hydrogen) atoms. The van der Waals surface area contributed by atoms with Crippen LogP contribution >= 0.6 is 11.8 Å². The molecule has 1 unspecified atom stereocenters. The standard InChI is InChI=1S/C8H15NS/c1-9-4-2-6-7-3-5-10-8(6)7/h6-9H,2-5H2,1H3/t6?,7-,8+/m1/s1. The molecular weight excluding hydrogens is 142 g/mol. The number of rotatable bonds is 3. The van der Waals surface area contributed by atoms with Crippen molar-refractivity contribution in [2.75, 3.05) is 19.3 Å². The van der Waals surface area contributed by atoms with Crippen LogP contribution in [0.2, 0.25) is 0 Å². The van der Waals surface area contributed by atoms with Gasteiger partial charge in [0.2, 0.25) is 0 Å². The van der Waals surface area contributed by atoms with Gasteiger partial charge in [-0.2, -0.15) is 11.8 Å². The van der Waals surface area contributed by atoms with Gasteiger partial charge in [-0.3, -0.25) is 0 Å². The minimum absolute atomic E-state index is 1.08. The maximum Gasteiger partial charge on any atom is 0.0110 e. The van der Waals surface area contributed by atoms with E-state index in [-0.39, 0.29) is 0 Å². The van der Waals surface area contributed by atoms with E-state index in [2.05, 4.69) is 17.1 Å². The summed E-state index contributed by atoms with van der Waals surface area (Å²) < 4.78 is 0. The van der Waals surface area contributed by atoms with E-state index in [1.807, 2.05) is 7.05 Å². The van der Waals surface area contributed by atoms with Crippen LogP contribution < -0.4 is 5.32 Å². The smallest absolute Gasteiger partial charge is 0.0110 e. The molecule has 0 aromatic rings. The van der Waals surface area contributed by atoms with Crippen molar-refractivity contribution in [3.8, 4) is 0 Å². The summed E-state index contributed by atoms with van der Waals surface area (Å²) in [5.74, 6) is 3.65. The third kappa shape index (κ3) is 1.08. The Balaban J connectivity index is 1.69. The second-order valence-corrected chi connectivity index (χ2v) is 4.63. The Hall–Kier alpha value is 0.310. The van der Waals surface area contributed by atoms with E-state index >= 15 is 0 Å². The van der Waals surface area contributed by atoms with E-state index in [9.17, 15) is 0 Å². The average Bonchev–Trinajstić information content (AvgIpc) is 2.46. The Labute approximate surface area is 67.0 Å². The van der Waals surface area contributed by atoms with Gasteiger partial charge in [0.05, 0.1) is 0 Å². The maximum absolute atomic E-state index is 3.22. The maximum atomic E-state index is 3.22. The second kappa shape index (κ2) is 2.74. The summed E-state index contributed by atoms with van der Waals surface area (Å²) in [6.07, 6.45) is 2.92. The first-order valence-electron chi connectivity index (χ1n) is 4.19. The van der Waals surface area contributed by atoms with Gasteiger partial charge in [0.15, 0.2) is 0 Å². The fraction of sp³-hybridized carbons (Fsp3) is 1.00. The number of fused-ring (bicyclic) bond motifs is 1. The lowest BCUT2D eigenvalue weighted by atomic mass is 10.2. The van der Waals surface area contributed by atoms with Gasteiger partial charge in [0, 0.05) is 5.25 Å². The molecule has 1 N–H and O–H groups in total. The summed E-state index contributed by atoms with van der Waals surface area (Å²) in [5.41, 5.74) is 0. The van der Waals surface area contributed by atoms with Crippen LogP contribution in [0.5, 0.6) is 0 Å². The lowest BCUT2D eigenvalue weighted by Crippen LogP contribution is -2.09. The van der Waals surface area contributed by atoms with Gasteiger partial charge in [0.1, 0.15) is 0 Å². The van der Waals surface area contributed by atoms with E-state index in [0.29, 0.717) is 0 Å². The molecule has 2 aliphatic rings. The molecule has 0 spiro atoms. The molecule has 0 radical (unpaired) electrons. The molecule has 58 valence electrons. The SMILES string of the molecule is CNCCC1[C@H]2CCS[C@@H]12. The highest BCUT2D eigenvalue weighted by Crippen LogP contribution is 2.57. The van der Waals surface area contributed by atoms with Crippen molar-refractivity contribution in [3.05, 3.63) is 0 Å². The molecule has 2 fully saturated rings. The molecule has 1 saturated carbocycles. The van der Waals surface area contributed by atoms with Crippen molar-refractivity contribution < 1.29 is 0 Å². The zero-order chi connectivity index (χ0) is 6.97. The second-order valence-electron chi connectivity index (χ2n) is 3.34. The number of hydrogen-bond acceptors (Lipinski definition) is 2. The van der Waals surface area contributed by atoms with Gasteiger partial charge in [-0.05, 0) is 44.0 Å². The molecule has 0 bridgehead atoms. The Morgan fingerprint density at radius 1 is 1.60 bits per heavy atom. The average molecular weight is 157 g/mol. The van der Waals surface area contributed by atoms with Crippen LogP contribution in [0.1, 0.15) is 12.8 Å². The molecule has 3 atom stereocenters. The molecule has 1 nitrogen and oxygen atoms in total. The third-order valence-electron chi connectivity index (χ3n) is 2.74. The van der Waals surface area contributed by atoms with Crippen LogP contribution in [0.4, 0.5) is 0 Å². The molecule has 0 aromatic heterocycles. The Morgan fingerprint density at radius 3 is 3.10 bits per heavy atom. The van der Waals surface area contributed by atoms with Crippen LogP contribution in [-0.4, -0.2) is 24.6 Å². The first kappa shape index (κ1) is 6.99. The molecule has 1 heterocycles. The van der Waals surface area contributed by atoms with Crippen molar-refractivity contribution in [2.24, 2.45) is 11.8 Å². The summed E-state index contributed by atoms with van der Waals surface area (Å²) in [6.45, 7) is 1.22. The van der Waals surface area contributed by atoms with E-state index in [4.69, 9.17) is 0 Å². The van der Waals surface area contributed by atoms with Crippen LogP contribution in [-0.2, 0) is 0 Å². The minimum Gasteiger partial charge on any atom is -0.320 e. The zero-order valence-corrected chi connectivity index (χ0v) is 7.29. The Bertz CT molecular complexity index is 116. The van der Waals surface area contributed by atoms with Crippen LogP contribution in [0, 0.1) is 11.8 Å². The highest BCUT2D eigenvalue weighted by molar-refractivity contribution is 8.00. The van der Waals surface area contributed by atoms with Crippen molar-refractivity contribution >= 4 is 11.8 Å². The molecule has 1 saturated heterocycles. The Kier molecular flexibility index (Phi) is 1.92. The highest BCUT2D eigenvalue weighted by atomic mass is 32.2. The van der Waals surface area contributed by atoms with Crippen molar-refractivity contribution in [2.45, 2.75) is 18.1 Å². The molecule has 2 heteroatoms. The summed E-state index contributed by atoms with van der Waals surface area (Å²) in [4.78, 5) is 0. The molecule has 2 rings (SSSR count). The largest absolute Gasteiger partial charge is 0.320 e. The lowest BCUT2D eigenvalue weighted by molar-refractivity contribution is 0.605. The fourth-order valence-electron chi connectivity index (χ4n) is 2.06. The first-order chi connectivity index (χ1) is 4.93. The van der Waals surface area contributed by atoms with Crippen molar-refractivity contribution in [1.82, 2.24) is 5.32 Å². The predicted molar refractivity (Wildman–Crippen MR) is 46.4 cm³/mol. The summed E-state index contributed by atoms with van der Waals surface area (Å²) in [6, 6.07) is 0. The molecule has 1 aliphatic heterocycles. The molecular formula is C8H15NS. The number of nitrogens with one attached hydrogen (secondary N) is 1. The molecule has 0 amide bonds. The van der Waals surface area contributed by atoms with E-state index < -0.39 is 0 Å². The highest BCUT2D eigenvalue weighted by Gasteiger charge is 2.52. The van der Waals surface area contributed by atoms with Crippen LogP contribution in [0.15, 0.2) is 0 Å². The van der Waals surface area contributed by atoms with E-state index in [1.54, 1.807) is 0 Å². The van der Waals surface area contributed by atoms with Gasteiger partial charge in [-0.25, -0.2) is 0 Å². The van der Waals surface area contributed by atoms with Crippen molar-refractivity contribution in [1.29, 1.82) is 0 Å². The predicted octanol–water partition coefficient (Wildman–Crippen LogP) is 1.35. The van der Waals surface area contributed by atoms with Gasteiger partial charge < -0.3 is 5.32 Å². The lowest BCUT2D eigenvalue weighted by Gasteiger charge is -2.00. The third-order valence-corrected chi connectivity index (χ3v) is 4.30. The van der Waals surface area contributed by atoms with Gasteiger partial charge >= 0.3 is 0 Å². The molecule has 1 aliphatic carbocycles. The molecule has 0 aromatic carbocycles. The number of hydrogen-bond donors (Lipinski definition) is 1. The first-order valence-corrected chi connectivity index (χ1v) is 5.24. The van der Waals surface area contributed by atoms with E-state index in [0.717, 1.165) is 17.1 Å². The fourth-order valence-corrected chi connectivity index (χ4v) is 3.82. The summed E-state index contributed by atoms with van der Waals surface area (Å²) >= 11 is 2.20. The van der Waals surface area contributed by atoms with Gasteiger partial charge in [-0.1, -0.05) is 0 Å². The Morgan fingerprint density at radius 2 is 2.50 bits per heavy atom. The zero-order valence-electron chi connectivity index (χ0n) is 6.47. The number of thioether (sulfide) groups is 1. The summed E-state index contributed by atoms with van der Waals surface area (Å²) in [5, 5.41) is 4.30. The monoisotopic (exact) mass is 157 g/mol. The topological polar surface area (TPSA) is 12.0 Å². The van der Waals surface area contributed by atoms with Gasteiger partial charge in [-0.15, -0.1) is 0 Å². The van der Waals surface area contributed by atoms with E-state index in [1.165, 1.54) is 25.1 Å². The van der Waals surface area contributed by atoms with Crippen LogP contribution in [0.3, 0.4) is 0 Å².